The second kappa shape index (κ2) is 46.4. The first-order valence-corrected chi connectivity index (χ1v) is 36.6. The zero-order valence-electron chi connectivity index (χ0n) is 55.4. The van der Waals surface area contributed by atoms with Gasteiger partial charge in [-0.15, -0.1) is 0 Å². The topological polar surface area (TPSA) is 159 Å². The Labute approximate surface area is 664 Å². The molecule has 0 aromatic heterocycles. The van der Waals surface area contributed by atoms with Gasteiger partial charge in [0.1, 0.15) is 0 Å². The predicted molar refractivity (Wildman–Crippen MR) is 437 cm³/mol. The largest absolute Gasteiger partial charge is 0.494 e. The number of carboxylic acids is 1. The fourth-order valence-electron chi connectivity index (χ4n) is 8.93. The quantitative estimate of drug-likeness (QED) is 0.0944. The van der Waals surface area contributed by atoms with Gasteiger partial charge in [0.05, 0.1) is 90.4 Å². The van der Waals surface area contributed by atoms with Gasteiger partial charge in [0.25, 0.3) is 0 Å². The van der Waals surface area contributed by atoms with Crippen LogP contribution in [-0.4, -0.2) is 168 Å². The second-order valence-electron chi connectivity index (χ2n) is 25.3. The molecule has 0 atom stereocenters. The average molecular weight is 1800 g/mol. The molecule has 0 bridgehead atoms. The van der Waals surface area contributed by atoms with E-state index < -0.39 is 20.0 Å². The van der Waals surface area contributed by atoms with Gasteiger partial charge in [0, 0.05) is 104 Å². The molecule has 6 aliphatic heterocycles. The Morgan fingerprint density at radius 3 is 1.05 bits per heavy atom. The zero-order chi connectivity index (χ0) is 69.1. The van der Waals surface area contributed by atoms with E-state index in [0.717, 1.165) is 152 Å². The number of ether oxygens (including phenoxy) is 3. The number of hydrogen-bond acceptors (Lipinski definition) is 14. The third kappa shape index (κ3) is 31.5. The third-order valence-electron chi connectivity index (χ3n) is 16.7. The van der Waals surface area contributed by atoms with E-state index in [1.54, 1.807) is 24.3 Å². The van der Waals surface area contributed by atoms with Gasteiger partial charge in [-0.3, -0.25) is 9.80 Å². The first kappa shape index (κ1) is 100. The number of aromatic carboxylic acids is 1. The predicted octanol–water partition coefficient (Wildman–Crippen LogP) is 19.5. The van der Waals surface area contributed by atoms with Crippen LogP contribution < -0.4 is 10.8 Å². The van der Waals surface area contributed by atoms with Crippen LogP contribution in [-0.2, 0) is 67.2 Å². The molecule has 6 fully saturated rings. The van der Waals surface area contributed by atoms with Crippen LogP contribution in [0.4, 0.5) is 0 Å². The lowest BCUT2D eigenvalue weighted by Crippen LogP contribution is -2.41. The minimum Gasteiger partial charge on any atom is -0.478 e. The molecule has 0 amide bonds. The van der Waals surface area contributed by atoms with Crippen molar-refractivity contribution in [2.24, 2.45) is 0 Å². The number of rotatable bonds is 9. The molecule has 3 radical (unpaired) electrons. The zero-order valence-corrected chi connectivity index (χ0v) is 67.1. The molecule has 5 aromatic carbocycles. The molecule has 6 saturated heterocycles. The summed E-state index contributed by atoms with van der Waals surface area (Å²) in [6.07, 6.45) is 0. The summed E-state index contributed by atoms with van der Waals surface area (Å²) in [6.45, 7) is 37.2. The Hall–Kier alpha value is -0.840. The molecular formula is C70H106B4Br5Cl5N3O12. The number of nitrogens with zero attached hydrogens (tertiary/aromatic N) is 2. The molecule has 99 heavy (non-hydrogen) atoms. The van der Waals surface area contributed by atoms with Gasteiger partial charge in [0.2, 0.25) is 0 Å². The van der Waals surface area contributed by atoms with Crippen LogP contribution in [0.25, 0.3) is 0 Å². The average Bonchev–Trinajstić information content (AvgIpc) is 1.61. The standard InChI is InChI=1S/C17H25BClNO3.C12H24B2O4.C11H13BrClNO.C7H5Br2Cl.C7H4BrClO2.C7H6BrClO.C4H9NO.5CH4.B/c1-16(2)17(3,4)23-18(22-16)14-6-5-13(15(19)11-14)12-20-7-9-21-10-8-20;1-9(2)10(3,4)16-13(15-9)14-17-11(5,6)12(7,8)18-14;12-10-2-1-9(11(13)7-10)8-14-3-5-15-6-4-14;8-4-5-1-2-6(9)3-7(5)10;8-4-1-2-5(7(10)11)6(9)3-4;8-6-2-1-5(4-10)7(9)3-6;1-3-6-4-2-5-1;;;;;;/h5-6,11H,7-10,12H2,1-4H3;1-8H3;1-2,7H,3-6,8H2;1-3H,4H2;1-3H,(H,10,11);1-3,10H,4H2;5H,1-4H2;5*1H4;. The van der Waals surface area contributed by atoms with E-state index in [0.29, 0.717) is 5.02 Å². The lowest BCUT2D eigenvalue weighted by Gasteiger charge is -2.32. The maximum atomic E-state index is 10.4. The summed E-state index contributed by atoms with van der Waals surface area (Å²) in [5.74, 6) is -1.01. The SMILES string of the molecule is C.C.C.C.C.C1COCCN1.CC1(C)OB(B2OC(C)(C)C(C)(C)O2)OC1(C)C.CC1(C)OB(c2ccc(CN3CCOCC3)c(Cl)c2)OC1(C)C.Clc1cc(Br)ccc1CBr.Clc1cc(Br)ccc1CN1CCOCC1.O=C(O)c1ccc(Br)cc1Cl.OCc1ccc(Br)cc1Cl.[B]. The molecule has 0 spiro atoms. The molecule has 555 valence electrons. The van der Waals surface area contributed by atoms with Crippen molar-refractivity contribution >= 4 is 179 Å². The normalized spacial score (nSPS) is 18.7. The highest BCUT2D eigenvalue weighted by molar-refractivity contribution is 9.11. The summed E-state index contributed by atoms with van der Waals surface area (Å²) in [5.41, 5.74) is 3.16. The van der Waals surface area contributed by atoms with Gasteiger partial charge in [-0.05, 0) is 171 Å². The molecule has 0 unspecified atom stereocenters. The number of halogens is 10. The van der Waals surface area contributed by atoms with Crippen LogP contribution in [0.2, 0.25) is 25.1 Å². The Kier molecular flexibility index (Phi) is 47.0. The van der Waals surface area contributed by atoms with Gasteiger partial charge < -0.3 is 57.7 Å². The van der Waals surface area contributed by atoms with Gasteiger partial charge in [-0.25, -0.2) is 4.79 Å². The molecule has 3 N–H and O–H groups in total. The van der Waals surface area contributed by atoms with Crippen molar-refractivity contribution in [2.45, 2.75) is 179 Å². The number of aliphatic hydroxyl groups is 1. The minimum absolute atomic E-state index is 0. The van der Waals surface area contributed by atoms with Crippen LogP contribution in [0.1, 0.15) is 153 Å². The Morgan fingerprint density at radius 2 is 0.758 bits per heavy atom. The smallest absolute Gasteiger partial charge is 0.478 e. The van der Waals surface area contributed by atoms with Crippen LogP contribution in [0, 0.1) is 0 Å². The number of benzene rings is 5. The van der Waals surface area contributed by atoms with Crippen LogP contribution >= 0.6 is 138 Å². The van der Waals surface area contributed by atoms with Gasteiger partial charge >= 0.3 is 27.1 Å². The fraction of sp³-hybridized carbons (Fsp3) is 0.557. The lowest BCUT2D eigenvalue weighted by atomic mass is 9.49. The number of carbonyl (C=O) groups is 1. The van der Waals surface area contributed by atoms with E-state index in [2.05, 4.69) is 141 Å². The summed E-state index contributed by atoms with van der Waals surface area (Å²) in [5, 5.41) is 24.5. The van der Waals surface area contributed by atoms with Crippen molar-refractivity contribution in [1.29, 1.82) is 0 Å². The van der Waals surface area contributed by atoms with Gasteiger partial charge in [-0.2, -0.15) is 0 Å². The highest BCUT2D eigenvalue weighted by atomic mass is 79.9. The van der Waals surface area contributed by atoms with Gasteiger partial charge in [0.15, 0.2) is 0 Å². The van der Waals surface area contributed by atoms with E-state index in [4.69, 9.17) is 110 Å². The number of hydrogen-bond donors (Lipinski definition) is 3. The van der Waals surface area contributed by atoms with Crippen molar-refractivity contribution in [3.05, 3.63) is 162 Å². The lowest BCUT2D eigenvalue weighted by molar-refractivity contribution is 0.00578. The van der Waals surface area contributed by atoms with E-state index in [1.807, 2.05) is 97.9 Å². The van der Waals surface area contributed by atoms with Crippen molar-refractivity contribution < 1.29 is 57.1 Å². The first-order chi connectivity index (χ1) is 43.5. The second-order valence-corrected chi connectivity index (χ2v) is 31.5. The fourth-order valence-corrected chi connectivity index (χ4v) is 12.8. The van der Waals surface area contributed by atoms with E-state index in [1.165, 1.54) is 11.6 Å². The summed E-state index contributed by atoms with van der Waals surface area (Å²) in [4.78, 5) is 15.2. The maximum absolute atomic E-state index is 10.4. The third-order valence-corrected chi connectivity index (χ3v) is 21.0. The molecule has 29 heteroatoms. The summed E-state index contributed by atoms with van der Waals surface area (Å²) in [6, 6.07) is 28.0. The number of carboxylic acid groups (broad SMARTS) is 1. The molecule has 6 heterocycles. The Bertz CT molecular complexity index is 3050. The van der Waals surface area contributed by atoms with Crippen LogP contribution in [0.5, 0.6) is 0 Å². The van der Waals surface area contributed by atoms with Crippen molar-refractivity contribution in [3.8, 4) is 0 Å². The number of alkyl halides is 1. The number of aliphatic hydroxyl groups excluding tert-OH is 1. The molecule has 6 aliphatic rings. The van der Waals surface area contributed by atoms with Crippen LogP contribution in [0.15, 0.2) is 109 Å². The molecule has 15 nitrogen and oxygen atoms in total. The summed E-state index contributed by atoms with van der Waals surface area (Å²) in [7, 11) is -1.32. The van der Waals surface area contributed by atoms with Gasteiger partial charge in [-0.1, -0.05) is 205 Å². The molecule has 0 saturated carbocycles. The first-order valence-electron chi connectivity index (χ1n) is 30.4. The van der Waals surface area contributed by atoms with E-state index in [9.17, 15) is 4.79 Å². The van der Waals surface area contributed by atoms with E-state index >= 15 is 0 Å². The minimum atomic E-state index is -1.01. The van der Waals surface area contributed by atoms with Crippen molar-refractivity contribution in [3.63, 3.8) is 0 Å². The van der Waals surface area contributed by atoms with Crippen molar-refractivity contribution in [1.82, 2.24) is 15.1 Å². The molecule has 0 aliphatic carbocycles. The Morgan fingerprint density at radius 1 is 0.455 bits per heavy atom. The highest BCUT2D eigenvalue weighted by Gasteiger charge is 2.64. The van der Waals surface area contributed by atoms with Crippen molar-refractivity contribution in [2.75, 3.05) is 78.9 Å². The molecule has 11 rings (SSSR count). The molecule has 5 aromatic rings. The number of nitrogens with one attached hydrogen (secondary N) is 1. The number of morpholine rings is 3. The molecular weight excluding hydrogens is 1690 g/mol. The highest BCUT2D eigenvalue weighted by Crippen LogP contribution is 2.43. The van der Waals surface area contributed by atoms with E-state index in [-0.39, 0.29) is 103 Å². The Balaban J connectivity index is 0. The maximum Gasteiger partial charge on any atom is 0.494 e. The summed E-state index contributed by atoms with van der Waals surface area (Å²) >= 11 is 46.4. The van der Waals surface area contributed by atoms with Crippen LogP contribution in [0.3, 0.4) is 0 Å². The monoisotopic (exact) mass is 1790 g/mol. The summed E-state index contributed by atoms with van der Waals surface area (Å²) < 4.78 is 55.5.